The Kier molecular flexibility index (Phi) is 6.91. The second-order valence-electron chi connectivity index (χ2n) is 7.85. The van der Waals surface area contributed by atoms with Crippen LogP contribution in [0.4, 0.5) is 5.69 Å². The third-order valence-corrected chi connectivity index (χ3v) is 6.84. The van der Waals surface area contributed by atoms with Gasteiger partial charge in [-0.1, -0.05) is 53.7 Å². The average Bonchev–Trinajstić information content (AvgIpc) is 3.20. The summed E-state index contributed by atoms with van der Waals surface area (Å²) in [6, 6.07) is 16.4. The van der Waals surface area contributed by atoms with Crippen LogP contribution in [0, 0.1) is 0 Å². The molecule has 0 unspecified atom stereocenters. The summed E-state index contributed by atoms with van der Waals surface area (Å²) in [6.45, 7) is 4.42. The molecule has 2 aliphatic heterocycles. The highest BCUT2D eigenvalue weighted by atomic mass is 35.5. The van der Waals surface area contributed by atoms with Crippen molar-refractivity contribution in [1.29, 1.82) is 0 Å². The largest absolute Gasteiger partial charge is 0.346 e. The van der Waals surface area contributed by atoms with E-state index in [1.165, 1.54) is 11.8 Å². The number of allylic oxidation sites excluding steroid dienone is 1. The van der Waals surface area contributed by atoms with Crippen LogP contribution in [0.15, 0.2) is 82.0 Å². The molecular weight excluding hydrogens is 456 g/mol. The Bertz CT molecular complexity index is 1160. The standard InChI is InChI=1S/C25H25ClN4O2S/c1-4-29(3)21(31)14-20-15-33-25-27-16(2)22(24(32)28-19-8-6-5-7-9-19)23(30(20)25)17-10-12-18(26)13-11-17/h5-13,15,23H,4,14H2,1-3H3,(H,28,32)/t23-/m1/s1. The Labute approximate surface area is 203 Å². The Morgan fingerprint density at radius 2 is 1.85 bits per heavy atom. The van der Waals surface area contributed by atoms with Crippen LogP contribution in [0.3, 0.4) is 0 Å². The lowest BCUT2D eigenvalue weighted by Gasteiger charge is -2.37. The second kappa shape index (κ2) is 9.85. The number of para-hydroxylation sites is 1. The van der Waals surface area contributed by atoms with Gasteiger partial charge in [-0.05, 0) is 49.1 Å². The third-order valence-electron chi connectivity index (χ3n) is 5.70. The zero-order valence-corrected chi connectivity index (χ0v) is 20.3. The van der Waals surface area contributed by atoms with E-state index in [0.717, 1.165) is 16.4 Å². The number of hydrogen-bond donors (Lipinski definition) is 1. The minimum absolute atomic E-state index is 0.0158. The minimum atomic E-state index is -0.431. The van der Waals surface area contributed by atoms with E-state index in [4.69, 9.17) is 16.6 Å². The number of thioether (sulfide) groups is 1. The normalized spacial score (nSPS) is 17.3. The SMILES string of the molecule is CCN(C)C(=O)CC1=CSC2=NC(C)=C(C(=O)Nc3ccccc3)[C@@H](c3ccc(Cl)cc3)N12. The molecule has 0 fully saturated rings. The van der Waals surface area contributed by atoms with Gasteiger partial charge in [0.1, 0.15) is 0 Å². The van der Waals surface area contributed by atoms with E-state index in [1.54, 1.807) is 11.9 Å². The maximum absolute atomic E-state index is 13.5. The number of hydrogen-bond acceptors (Lipinski definition) is 5. The van der Waals surface area contributed by atoms with Gasteiger partial charge in [-0.25, -0.2) is 4.99 Å². The summed E-state index contributed by atoms with van der Waals surface area (Å²) in [6.07, 6.45) is 0.229. The van der Waals surface area contributed by atoms with E-state index in [0.29, 0.717) is 28.5 Å². The maximum atomic E-state index is 13.5. The van der Waals surface area contributed by atoms with E-state index in [1.807, 2.05) is 78.8 Å². The van der Waals surface area contributed by atoms with Crippen LogP contribution in [0.2, 0.25) is 5.02 Å². The maximum Gasteiger partial charge on any atom is 0.255 e. The van der Waals surface area contributed by atoms with E-state index < -0.39 is 6.04 Å². The molecule has 33 heavy (non-hydrogen) atoms. The van der Waals surface area contributed by atoms with Crippen molar-refractivity contribution in [3.8, 4) is 0 Å². The summed E-state index contributed by atoms with van der Waals surface area (Å²) in [5, 5.41) is 6.32. The number of aliphatic imine (C=N–C) groups is 1. The number of amidine groups is 1. The number of rotatable bonds is 6. The molecule has 2 aliphatic rings. The highest BCUT2D eigenvalue weighted by Gasteiger charge is 2.40. The van der Waals surface area contributed by atoms with Crippen LogP contribution < -0.4 is 5.32 Å². The van der Waals surface area contributed by atoms with Crippen LogP contribution in [0.1, 0.15) is 31.9 Å². The van der Waals surface area contributed by atoms with Crippen LogP contribution >= 0.6 is 23.4 Å². The summed E-state index contributed by atoms with van der Waals surface area (Å²) in [7, 11) is 1.79. The van der Waals surface area contributed by atoms with Crippen molar-refractivity contribution in [2.24, 2.45) is 4.99 Å². The van der Waals surface area contributed by atoms with Crippen molar-refractivity contribution in [3.05, 3.63) is 87.6 Å². The lowest BCUT2D eigenvalue weighted by atomic mass is 9.93. The van der Waals surface area contributed by atoms with Gasteiger partial charge in [-0.15, -0.1) is 0 Å². The summed E-state index contributed by atoms with van der Waals surface area (Å²) in [4.78, 5) is 34.6. The Hall–Kier alpha value is -3.03. The molecule has 0 spiro atoms. The first-order chi connectivity index (χ1) is 15.9. The lowest BCUT2D eigenvalue weighted by Crippen LogP contribution is -2.39. The fourth-order valence-electron chi connectivity index (χ4n) is 3.81. The molecule has 0 radical (unpaired) electrons. The first-order valence-electron chi connectivity index (χ1n) is 10.7. The number of carbonyl (C=O) groups is 2. The number of carbonyl (C=O) groups excluding carboxylic acids is 2. The molecule has 0 saturated heterocycles. The zero-order chi connectivity index (χ0) is 23.5. The van der Waals surface area contributed by atoms with E-state index in [2.05, 4.69) is 5.32 Å². The van der Waals surface area contributed by atoms with Gasteiger partial charge in [-0.2, -0.15) is 0 Å². The molecule has 2 amide bonds. The fourth-order valence-corrected chi connectivity index (χ4v) is 4.90. The number of nitrogens with zero attached hydrogens (tertiary/aromatic N) is 3. The molecule has 2 heterocycles. The van der Waals surface area contributed by atoms with Crippen molar-refractivity contribution in [2.75, 3.05) is 18.9 Å². The quantitative estimate of drug-likeness (QED) is 0.599. The molecule has 1 N–H and O–H groups in total. The van der Waals surface area contributed by atoms with Crippen LogP contribution in [0.5, 0.6) is 0 Å². The molecule has 6 nitrogen and oxygen atoms in total. The zero-order valence-electron chi connectivity index (χ0n) is 18.7. The van der Waals surface area contributed by atoms with E-state index in [9.17, 15) is 9.59 Å². The number of amides is 2. The monoisotopic (exact) mass is 480 g/mol. The van der Waals surface area contributed by atoms with Gasteiger partial charge in [-0.3, -0.25) is 9.59 Å². The molecule has 2 aromatic rings. The van der Waals surface area contributed by atoms with Crippen LogP contribution in [-0.2, 0) is 9.59 Å². The molecule has 0 bridgehead atoms. The smallest absolute Gasteiger partial charge is 0.255 e. The number of benzene rings is 2. The number of halogens is 1. The predicted octanol–water partition coefficient (Wildman–Crippen LogP) is 5.42. The highest BCUT2D eigenvalue weighted by Crippen LogP contribution is 2.45. The Balaban J connectivity index is 1.74. The summed E-state index contributed by atoms with van der Waals surface area (Å²) in [5.74, 6) is -0.211. The van der Waals surface area contributed by atoms with Crippen molar-refractivity contribution in [2.45, 2.75) is 26.3 Å². The molecule has 4 rings (SSSR count). The Morgan fingerprint density at radius 3 is 2.52 bits per heavy atom. The molecule has 8 heteroatoms. The molecular formula is C25H25ClN4O2S. The molecule has 170 valence electrons. The third kappa shape index (κ3) is 4.84. The lowest BCUT2D eigenvalue weighted by molar-refractivity contribution is -0.129. The van der Waals surface area contributed by atoms with Gasteiger partial charge in [0.05, 0.1) is 23.7 Å². The summed E-state index contributed by atoms with van der Waals surface area (Å²) < 4.78 is 0. The molecule has 0 aromatic heterocycles. The summed E-state index contributed by atoms with van der Waals surface area (Å²) in [5.41, 5.74) is 3.61. The average molecular weight is 481 g/mol. The molecule has 1 atom stereocenters. The van der Waals surface area contributed by atoms with Crippen molar-refractivity contribution in [1.82, 2.24) is 9.80 Å². The van der Waals surface area contributed by atoms with Gasteiger partial charge in [0, 0.05) is 30.0 Å². The van der Waals surface area contributed by atoms with E-state index in [-0.39, 0.29) is 18.2 Å². The van der Waals surface area contributed by atoms with Crippen LogP contribution in [0.25, 0.3) is 0 Å². The van der Waals surface area contributed by atoms with Crippen molar-refractivity contribution < 1.29 is 9.59 Å². The first kappa shape index (κ1) is 23.1. The van der Waals surface area contributed by atoms with Crippen molar-refractivity contribution >= 4 is 46.0 Å². The molecule has 0 aliphatic carbocycles. The number of nitrogens with one attached hydrogen (secondary N) is 1. The van der Waals surface area contributed by atoms with Gasteiger partial charge >= 0.3 is 0 Å². The van der Waals surface area contributed by atoms with Crippen molar-refractivity contribution in [3.63, 3.8) is 0 Å². The molecule has 2 aromatic carbocycles. The number of fused-ring (bicyclic) bond motifs is 1. The summed E-state index contributed by atoms with van der Waals surface area (Å²) >= 11 is 7.62. The van der Waals surface area contributed by atoms with Gasteiger partial charge in [0.15, 0.2) is 5.17 Å². The van der Waals surface area contributed by atoms with Gasteiger partial charge in [0.25, 0.3) is 5.91 Å². The second-order valence-corrected chi connectivity index (χ2v) is 9.12. The van der Waals surface area contributed by atoms with E-state index >= 15 is 0 Å². The van der Waals surface area contributed by atoms with Crippen LogP contribution in [-0.4, -0.2) is 40.4 Å². The van der Waals surface area contributed by atoms with Gasteiger partial charge in [0.2, 0.25) is 5.91 Å². The molecule has 0 saturated carbocycles. The predicted molar refractivity (Wildman–Crippen MR) is 135 cm³/mol. The Morgan fingerprint density at radius 1 is 1.15 bits per heavy atom. The first-order valence-corrected chi connectivity index (χ1v) is 11.9. The topological polar surface area (TPSA) is 65.0 Å². The minimum Gasteiger partial charge on any atom is -0.346 e. The number of anilines is 1. The highest BCUT2D eigenvalue weighted by molar-refractivity contribution is 8.16. The fraction of sp³-hybridized carbons (Fsp3) is 0.240. The van der Waals surface area contributed by atoms with Gasteiger partial charge < -0.3 is 15.1 Å².